The number of aromatic nitrogens is 3. The maximum Gasteiger partial charge on any atom is 0.408 e. The summed E-state index contributed by atoms with van der Waals surface area (Å²) in [5.41, 5.74) is 1.35. The fraction of sp³-hybridized carbons (Fsp3) is 0.350. The third kappa shape index (κ3) is 4.70. The smallest absolute Gasteiger partial charge is 0.408 e. The van der Waals surface area contributed by atoms with E-state index in [-0.39, 0.29) is 5.91 Å². The van der Waals surface area contributed by atoms with E-state index in [1.165, 1.54) is 6.20 Å². The van der Waals surface area contributed by atoms with Crippen LogP contribution in [0.15, 0.2) is 42.9 Å². The van der Waals surface area contributed by atoms with E-state index in [0.29, 0.717) is 12.4 Å². The van der Waals surface area contributed by atoms with E-state index in [9.17, 15) is 9.59 Å². The molecule has 1 aromatic carbocycles. The first-order chi connectivity index (χ1) is 13.2. The van der Waals surface area contributed by atoms with E-state index < -0.39 is 17.7 Å². The number of rotatable bonds is 5. The van der Waals surface area contributed by atoms with Gasteiger partial charge >= 0.3 is 6.09 Å². The topological polar surface area (TPSA) is 101 Å². The number of carbonyl (C=O) groups excluding carboxylic acids is 2. The van der Waals surface area contributed by atoms with Crippen molar-refractivity contribution < 1.29 is 14.3 Å². The summed E-state index contributed by atoms with van der Waals surface area (Å²) in [5, 5.41) is 6.40. The first-order valence-corrected chi connectivity index (χ1v) is 9.05. The second-order valence-electron chi connectivity index (χ2n) is 7.61. The van der Waals surface area contributed by atoms with Gasteiger partial charge in [-0.05, 0) is 32.4 Å². The number of ether oxygens (including phenoxy) is 1. The van der Waals surface area contributed by atoms with Gasteiger partial charge in [0.05, 0.1) is 0 Å². The monoisotopic (exact) mass is 383 g/mol. The van der Waals surface area contributed by atoms with Crippen molar-refractivity contribution in [1.82, 2.24) is 19.9 Å². The first-order valence-electron chi connectivity index (χ1n) is 9.05. The Labute approximate surface area is 163 Å². The van der Waals surface area contributed by atoms with E-state index in [0.717, 1.165) is 16.5 Å². The number of H-pyrrole nitrogens is 1. The highest BCUT2D eigenvalue weighted by molar-refractivity contribution is 5.96. The molecule has 0 aliphatic heterocycles. The van der Waals surface area contributed by atoms with Crippen molar-refractivity contribution in [2.75, 3.05) is 5.32 Å². The molecule has 1 atom stereocenters. The minimum Gasteiger partial charge on any atom is -0.444 e. The highest BCUT2D eigenvalue weighted by Gasteiger charge is 2.26. The van der Waals surface area contributed by atoms with Crippen LogP contribution < -0.4 is 10.6 Å². The van der Waals surface area contributed by atoms with Crippen LogP contribution in [-0.4, -0.2) is 38.2 Å². The average Bonchev–Trinajstić information content (AvgIpc) is 3.21. The van der Waals surface area contributed by atoms with Crippen molar-refractivity contribution in [2.45, 2.75) is 38.8 Å². The lowest BCUT2D eigenvalue weighted by Gasteiger charge is -2.23. The van der Waals surface area contributed by atoms with E-state index in [2.05, 4.69) is 20.6 Å². The average molecular weight is 383 g/mol. The van der Waals surface area contributed by atoms with Crippen LogP contribution in [0, 0.1) is 0 Å². The number of anilines is 1. The molecule has 0 fully saturated rings. The Morgan fingerprint density at radius 3 is 2.71 bits per heavy atom. The fourth-order valence-electron chi connectivity index (χ4n) is 3.00. The lowest BCUT2D eigenvalue weighted by molar-refractivity contribution is -0.118. The Morgan fingerprint density at radius 2 is 2.04 bits per heavy atom. The summed E-state index contributed by atoms with van der Waals surface area (Å²) in [5.74, 6) is -0.0624. The molecule has 0 aliphatic rings. The van der Waals surface area contributed by atoms with E-state index >= 15 is 0 Å². The predicted molar refractivity (Wildman–Crippen MR) is 107 cm³/mol. The van der Waals surface area contributed by atoms with E-state index in [1.807, 2.05) is 42.1 Å². The summed E-state index contributed by atoms with van der Waals surface area (Å²) in [6, 6.07) is 7.10. The molecule has 2 aromatic heterocycles. The Kier molecular flexibility index (Phi) is 5.39. The van der Waals surface area contributed by atoms with E-state index in [1.54, 1.807) is 27.0 Å². The normalized spacial score (nSPS) is 12.6. The third-order valence-corrected chi connectivity index (χ3v) is 4.15. The Hall–Kier alpha value is -3.29. The molecule has 0 saturated carbocycles. The maximum atomic E-state index is 12.8. The number of para-hydroxylation sites is 1. The van der Waals surface area contributed by atoms with Crippen LogP contribution >= 0.6 is 0 Å². The lowest BCUT2D eigenvalue weighted by atomic mass is 10.0. The number of alkyl carbamates (subject to hydrolysis) is 1. The Bertz CT molecular complexity index is 970. The number of nitrogens with zero attached hydrogens (tertiary/aromatic N) is 2. The molecule has 3 N–H and O–H groups in total. The zero-order chi connectivity index (χ0) is 20.3. The van der Waals surface area contributed by atoms with E-state index in [4.69, 9.17) is 4.74 Å². The zero-order valence-electron chi connectivity index (χ0n) is 16.4. The summed E-state index contributed by atoms with van der Waals surface area (Å²) in [6.07, 6.45) is 4.78. The Morgan fingerprint density at radius 1 is 1.29 bits per heavy atom. The van der Waals surface area contributed by atoms with Crippen LogP contribution in [0.2, 0.25) is 0 Å². The number of aryl methyl sites for hydroxylation is 1. The quantitative estimate of drug-likeness (QED) is 0.630. The molecule has 148 valence electrons. The largest absolute Gasteiger partial charge is 0.444 e. The van der Waals surface area contributed by atoms with Crippen LogP contribution in [0.3, 0.4) is 0 Å². The molecule has 8 nitrogen and oxygen atoms in total. The number of benzene rings is 1. The molecule has 2 heterocycles. The molecule has 0 aliphatic carbocycles. The van der Waals surface area contributed by atoms with Crippen LogP contribution in [0.25, 0.3) is 10.9 Å². The second-order valence-corrected chi connectivity index (χ2v) is 7.61. The molecule has 3 aromatic rings. The summed E-state index contributed by atoms with van der Waals surface area (Å²) < 4.78 is 7.32. The molecule has 8 heteroatoms. The molecule has 0 spiro atoms. The van der Waals surface area contributed by atoms with Crippen molar-refractivity contribution in [3.05, 3.63) is 48.4 Å². The Balaban J connectivity index is 1.84. The molecular weight excluding hydrogens is 358 g/mol. The maximum absolute atomic E-state index is 12.8. The summed E-state index contributed by atoms with van der Waals surface area (Å²) >= 11 is 0. The van der Waals surface area contributed by atoms with Gasteiger partial charge in [0.15, 0.2) is 0 Å². The molecule has 3 rings (SSSR count). The van der Waals surface area contributed by atoms with Crippen molar-refractivity contribution in [3.8, 4) is 0 Å². The summed E-state index contributed by atoms with van der Waals surface area (Å²) in [4.78, 5) is 31.9. The number of hydrogen-bond acceptors (Lipinski definition) is 4. The minimum atomic E-state index is -0.828. The first kappa shape index (κ1) is 19.5. The van der Waals surface area contributed by atoms with Gasteiger partial charge in [-0.3, -0.25) is 10.1 Å². The predicted octanol–water partition coefficient (Wildman–Crippen LogP) is 2.98. The molecule has 0 saturated heterocycles. The van der Waals surface area contributed by atoms with Crippen molar-refractivity contribution >= 4 is 28.9 Å². The molecule has 2 amide bonds. The summed E-state index contributed by atoms with van der Waals surface area (Å²) in [6.45, 7) is 5.32. The van der Waals surface area contributed by atoms with Crippen molar-refractivity contribution in [2.24, 2.45) is 7.05 Å². The van der Waals surface area contributed by atoms with Crippen LogP contribution in [0.1, 0.15) is 26.3 Å². The number of hydrogen-bond donors (Lipinski definition) is 3. The molecule has 28 heavy (non-hydrogen) atoms. The number of carbonyl (C=O) groups is 2. The van der Waals surface area contributed by atoms with Gasteiger partial charge in [-0.1, -0.05) is 18.2 Å². The SMILES string of the molecule is Cn1cc(C[C@@H](NC(=O)OC(C)(C)C)C(=O)Nc2ncc[nH]2)c2ccccc21. The van der Waals surface area contributed by atoms with Gasteiger partial charge in [0, 0.05) is 43.0 Å². The highest BCUT2D eigenvalue weighted by atomic mass is 16.6. The fourth-order valence-corrected chi connectivity index (χ4v) is 3.00. The van der Waals surface area contributed by atoms with Gasteiger partial charge in [0.1, 0.15) is 11.6 Å². The third-order valence-electron chi connectivity index (χ3n) is 4.15. The van der Waals surface area contributed by atoms with Gasteiger partial charge in [-0.25, -0.2) is 9.78 Å². The number of amides is 2. The number of imidazole rings is 1. The van der Waals surface area contributed by atoms with Crippen LogP contribution in [0.5, 0.6) is 0 Å². The molecule has 0 radical (unpaired) electrons. The van der Waals surface area contributed by atoms with Gasteiger partial charge in [0.2, 0.25) is 11.9 Å². The molecule has 0 unspecified atom stereocenters. The van der Waals surface area contributed by atoms with Crippen LogP contribution in [-0.2, 0) is 23.0 Å². The van der Waals surface area contributed by atoms with Gasteiger partial charge < -0.3 is 19.6 Å². The minimum absolute atomic E-state index is 0.313. The number of aromatic amines is 1. The number of nitrogens with one attached hydrogen (secondary N) is 3. The second kappa shape index (κ2) is 7.75. The highest BCUT2D eigenvalue weighted by Crippen LogP contribution is 2.22. The number of fused-ring (bicyclic) bond motifs is 1. The van der Waals surface area contributed by atoms with Gasteiger partial charge in [0.25, 0.3) is 0 Å². The van der Waals surface area contributed by atoms with Gasteiger partial charge in [-0.2, -0.15) is 0 Å². The van der Waals surface area contributed by atoms with Gasteiger partial charge in [-0.15, -0.1) is 0 Å². The lowest BCUT2D eigenvalue weighted by Crippen LogP contribution is -2.47. The van der Waals surface area contributed by atoms with Crippen LogP contribution in [0.4, 0.5) is 10.7 Å². The van der Waals surface area contributed by atoms with Crippen molar-refractivity contribution in [3.63, 3.8) is 0 Å². The standard InChI is InChI=1S/C20H25N5O3/c1-20(2,3)28-19(27)23-15(17(26)24-18-21-9-10-22-18)11-13-12-25(4)16-8-6-5-7-14(13)16/h5-10,12,15H,11H2,1-4H3,(H,23,27)(H2,21,22,24,26)/t15-/m1/s1. The zero-order valence-corrected chi connectivity index (χ0v) is 16.4. The van der Waals surface area contributed by atoms with Crippen molar-refractivity contribution in [1.29, 1.82) is 0 Å². The molecular formula is C20H25N5O3. The summed E-state index contributed by atoms with van der Waals surface area (Å²) in [7, 11) is 1.95. The molecule has 0 bridgehead atoms.